The summed E-state index contributed by atoms with van der Waals surface area (Å²) >= 11 is 0. The Hall–Kier alpha value is -0.700. The largest absolute Gasteiger partial charge is 0.456 e. The van der Waals surface area contributed by atoms with Gasteiger partial charge >= 0.3 is 0 Å². The summed E-state index contributed by atoms with van der Waals surface area (Å²) in [4.78, 5) is 0. The molecule has 0 aromatic rings. The zero-order chi connectivity index (χ0) is 9.36. The Labute approximate surface area is 78.3 Å². The predicted molar refractivity (Wildman–Crippen MR) is 47.7 cm³/mol. The minimum Gasteiger partial charge on any atom is -0.456 e. The van der Waals surface area contributed by atoms with Gasteiger partial charge in [0.25, 0.3) is 5.79 Å². The van der Waals surface area contributed by atoms with Crippen molar-refractivity contribution in [1.29, 1.82) is 0 Å². The van der Waals surface area contributed by atoms with Gasteiger partial charge in [0.1, 0.15) is 12.5 Å². The van der Waals surface area contributed by atoms with Gasteiger partial charge < -0.3 is 14.6 Å². The fourth-order valence-corrected chi connectivity index (χ4v) is 2.09. The standard InChI is InChI=1S/C10H16O3/c1-9(12-7-8-13-9)10(4-5-10)3-2-6-11/h7-8,11H,2-6H2,1H3. The highest BCUT2D eigenvalue weighted by Crippen LogP contribution is 2.60. The third-order valence-corrected chi connectivity index (χ3v) is 3.27. The third-order valence-electron chi connectivity index (χ3n) is 3.27. The van der Waals surface area contributed by atoms with E-state index in [4.69, 9.17) is 14.6 Å². The lowest BCUT2D eigenvalue weighted by Crippen LogP contribution is -2.37. The second-order valence-electron chi connectivity index (χ2n) is 4.06. The van der Waals surface area contributed by atoms with E-state index < -0.39 is 5.79 Å². The van der Waals surface area contributed by atoms with Gasteiger partial charge in [-0.15, -0.1) is 0 Å². The molecule has 2 rings (SSSR count). The highest BCUT2D eigenvalue weighted by Gasteiger charge is 2.60. The van der Waals surface area contributed by atoms with E-state index in [1.807, 2.05) is 6.92 Å². The number of aliphatic hydroxyl groups is 1. The Morgan fingerprint density at radius 3 is 2.38 bits per heavy atom. The van der Waals surface area contributed by atoms with Crippen LogP contribution >= 0.6 is 0 Å². The molecule has 0 saturated heterocycles. The van der Waals surface area contributed by atoms with Crippen LogP contribution in [0.4, 0.5) is 0 Å². The second-order valence-corrected chi connectivity index (χ2v) is 4.06. The molecule has 0 spiro atoms. The highest BCUT2D eigenvalue weighted by molar-refractivity contribution is 5.05. The molecule has 0 radical (unpaired) electrons. The summed E-state index contributed by atoms with van der Waals surface area (Å²) in [5.74, 6) is -0.470. The van der Waals surface area contributed by atoms with E-state index in [1.54, 1.807) is 12.5 Å². The van der Waals surface area contributed by atoms with E-state index in [1.165, 1.54) is 0 Å². The quantitative estimate of drug-likeness (QED) is 0.723. The molecule has 3 nitrogen and oxygen atoms in total. The zero-order valence-corrected chi connectivity index (χ0v) is 7.95. The zero-order valence-electron chi connectivity index (χ0n) is 7.95. The second kappa shape index (κ2) is 2.91. The van der Waals surface area contributed by atoms with Gasteiger partial charge in [-0.1, -0.05) is 0 Å². The summed E-state index contributed by atoms with van der Waals surface area (Å²) in [5.41, 5.74) is 0.152. The van der Waals surface area contributed by atoms with Crippen LogP contribution in [0.2, 0.25) is 0 Å². The first-order valence-electron chi connectivity index (χ1n) is 4.84. The van der Waals surface area contributed by atoms with E-state index in [0.717, 1.165) is 25.7 Å². The lowest BCUT2D eigenvalue weighted by Gasteiger charge is -2.32. The maximum Gasteiger partial charge on any atom is 0.252 e. The van der Waals surface area contributed by atoms with Crippen LogP contribution in [0.3, 0.4) is 0 Å². The number of aliphatic hydroxyl groups excluding tert-OH is 1. The molecule has 0 atom stereocenters. The summed E-state index contributed by atoms with van der Waals surface area (Å²) in [6.07, 6.45) is 7.33. The molecule has 0 bridgehead atoms. The molecule has 1 aliphatic carbocycles. The van der Waals surface area contributed by atoms with Crippen LogP contribution in [-0.4, -0.2) is 17.5 Å². The minimum absolute atomic E-state index is 0.152. The first-order valence-corrected chi connectivity index (χ1v) is 4.84. The number of rotatable bonds is 4. The van der Waals surface area contributed by atoms with Crippen molar-refractivity contribution in [3.63, 3.8) is 0 Å². The molecule has 1 N–H and O–H groups in total. The average Bonchev–Trinajstić information content (AvgIpc) is 2.81. The molecule has 0 unspecified atom stereocenters. The van der Waals surface area contributed by atoms with E-state index in [2.05, 4.69) is 0 Å². The Kier molecular flexibility index (Phi) is 1.99. The molecule has 1 aliphatic heterocycles. The highest BCUT2D eigenvalue weighted by atomic mass is 16.7. The van der Waals surface area contributed by atoms with Gasteiger partial charge in [0.05, 0.1) is 0 Å². The van der Waals surface area contributed by atoms with Crippen molar-refractivity contribution in [3.05, 3.63) is 12.5 Å². The SMILES string of the molecule is CC1(C2(CCCO)CC2)OC=CO1. The van der Waals surface area contributed by atoms with E-state index >= 15 is 0 Å². The molecule has 0 amide bonds. The predicted octanol–water partition coefficient (Wildman–Crippen LogP) is 1.77. The van der Waals surface area contributed by atoms with Crippen LogP contribution in [0.5, 0.6) is 0 Å². The van der Waals surface area contributed by atoms with Gasteiger partial charge in [-0.2, -0.15) is 0 Å². The van der Waals surface area contributed by atoms with E-state index in [0.29, 0.717) is 0 Å². The summed E-state index contributed by atoms with van der Waals surface area (Å²) in [7, 11) is 0. The summed E-state index contributed by atoms with van der Waals surface area (Å²) in [6.45, 7) is 2.24. The van der Waals surface area contributed by atoms with Crippen molar-refractivity contribution in [2.45, 2.75) is 38.4 Å². The van der Waals surface area contributed by atoms with Gasteiger partial charge in [-0.05, 0) is 25.7 Å². The van der Waals surface area contributed by atoms with Crippen molar-refractivity contribution in [2.24, 2.45) is 5.41 Å². The normalized spacial score (nSPS) is 26.6. The lowest BCUT2D eigenvalue weighted by molar-refractivity contribution is -0.180. The fourth-order valence-electron chi connectivity index (χ4n) is 2.09. The van der Waals surface area contributed by atoms with Crippen molar-refractivity contribution < 1.29 is 14.6 Å². The average molecular weight is 184 g/mol. The molecular formula is C10H16O3. The van der Waals surface area contributed by atoms with Crippen LogP contribution in [0, 0.1) is 5.41 Å². The van der Waals surface area contributed by atoms with Gasteiger partial charge in [-0.25, -0.2) is 0 Å². The van der Waals surface area contributed by atoms with Crippen molar-refractivity contribution >= 4 is 0 Å². The van der Waals surface area contributed by atoms with Gasteiger partial charge in [0.15, 0.2) is 0 Å². The molecule has 3 heteroatoms. The molecule has 74 valence electrons. The number of hydrogen-bond acceptors (Lipinski definition) is 3. The molecule has 0 aromatic carbocycles. The van der Waals surface area contributed by atoms with Gasteiger partial charge in [0.2, 0.25) is 0 Å². The Balaban J connectivity index is 1.98. The van der Waals surface area contributed by atoms with Crippen LogP contribution in [0.1, 0.15) is 32.6 Å². The maximum atomic E-state index is 8.79. The minimum atomic E-state index is -0.470. The fraction of sp³-hybridized carbons (Fsp3) is 0.800. The monoisotopic (exact) mass is 184 g/mol. The first kappa shape index (κ1) is 8.88. The first-order chi connectivity index (χ1) is 6.22. The summed E-state index contributed by atoms with van der Waals surface area (Å²) in [5, 5.41) is 8.79. The summed E-state index contributed by atoms with van der Waals surface area (Å²) < 4.78 is 11.0. The Morgan fingerprint density at radius 2 is 1.92 bits per heavy atom. The summed E-state index contributed by atoms with van der Waals surface area (Å²) in [6, 6.07) is 0. The molecule has 13 heavy (non-hydrogen) atoms. The molecular weight excluding hydrogens is 168 g/mol. The van der Waals surface area contributed by atoms with Gasteiger partial charge in [-0.3, -0.25) is 0 Å². The van der Waals surface area contributed by atoms with Crippen LogP contribution < -0.4 is 0 Å². The molecule has 1 saturated carbocycles. The van der Waals surface area contributed by atoms with Crippen LogP contribution in [0.25, 0.3) is 0 Å². The number of ether oxygens (including phenoxy) is 2. The smallest absolute Gasteiger partial charge is 0.252 e. The van der Waals surface area contributed by atoms with Gasteiger partial charge in [0, 0.05) is 18.9 Å². The van der Waals surface area contributed by atoms with E-state index in [9.17, 15) is 0 Å². The lowest BCUT2D eigenvalue weighted by atomic mass is 9.91. The Morgan fingerprint density at radius 1 is 1.31 bits per heavy atom. The van der Waals surface area contributed by atoms with Crippen molar-refractivity contribution in [3.8, 4) is 0 Å². The third kappa shape index (κ3) is 1.31. The van der Waals surface area contributed by atoms with E-state index in [-0.39, 0.29) is 12.0 Å². The molecule has 2 aliphatic rings. The Bertz CT molecular complexity index is 210. The van der Waals surface area contributed by atoms with Crippen LogP contribution in [-0.2, 0) is 9.47 Å². The van der Waals surface area contributed by atoms with Crippen molar-refractivity contribution in [2.75, 3.05) is 6.61 Å². The van der Waals surface area contributed by atoms with Crippen molar-refractivity contribution in [1.82, 2.24) is 0 Å². The van der Waals surface area contributed by atoms with Crippen LogP contribution in [0.15, 0.2) is 12.5 Å². The molecule has 0 aromatic heterocycles. The maximum absolute atomic E-state index is 8.79. The molecule has 1 heterocycles. The topological polar surface area (TPSA) is 38.7 Å². The number of hydrogen-bond donors (Lipinski definition) is 1. The molecule has 1 fully saturated rings.